The van der Waals surface area contributed by atoms with Crippen LogP contribution in [0.3, 0.4) is 0 Å². The number of aliphatic hydroxyl groups is 1. The normalized spacial score (nSPS) is 16.7. The zero-order valence-corrected chi connectivity index (χ0v) is 18.0. The first-order chi connectivity index (χ1) is 14.4. The molecule has 1 saturated heterocycles. The lowest BCUT2D eigenvalue weighted by molar-refractivity contribution is -0.117. The summed E-state index contributed by atoms with van der Waals surface area (Å²) in [6, 6.07) is 14.5. The first kappa shape index (κ1) is 21.8. The minimum Gasteiger partial charge on any atom is -0.391 e. The number of fused-ring (bicyclic) bond motifs is 1. The second-order valence-electron chi connectivity index (χ2n) is 7.92. The average molecular weight is 407 g/mol. The van der Waals surface area contributed by atoms with Crippen LogP contribution in [0, 0.1) is 11.3 Å². The molecule has 6 nitrogen and oxygen atoms in total. The minimum atomic E-state index is -0.607. The zero-order chi connectivity index (χ0) is 21.7. The SMILES string of the molecule is CCC(O)CNC(=O)/C(C#N)=C(\C)c1ccc2cc(N3CCN(C)CC3)ccc2c1. The van der Waals surface area contributed by atoms with Gasteiger partial charge < -0.3 is 20.2 Å². The van der Waals surface area contributed by atoms with Gasteiger partial charge in [0.05, 0.1) is 6.10 Å². The van der Waals surface area contributed by atoms with Gasteiger partial charge in [0.1, 0.15) is 11.6 Å². The summed E-state index contributed by atoms with van der Waals surface area (Å²) in [6.07, 6.45) is -0.0598. The summed E-state index contributed by atoms with van der Waals surface area (Å²) in [5.74, 6) is -0.451. The van der Waals surface area contributed by atoms with Crippen LogP contribution in [0.4, 0.5) is 5.69 Å². The van der Waals surface area contributed by atoms with Crippen molar-refractivity contribution < 1.29 is 9.90 Å². The highest BCUT2D eigenvalue weighted by molar-refractivity contribution is 6.05. The molecule has 30 heavy (non-hydrogen) atoms. The van der Waals surface area contributed by atoms with Crippen molar-refractivity contribution in [3.8, 4) is 6.07 Å². The molecule has 1 aliphatic rings. The fourth-order valence-corrected chi connectivity index (χ4v) is 3.62. The maximum atomic E-state index is 12.4. The number of rotatable bonds is 6. The van der Waals surface area contributed by atoms with Gasteiger partial charge in [-0.3, -0.25) is 4.79 Å². The quantitative estimate of drug-likeness (QED) is 0.570. The summed E-state index contributed by atoms with van der Waals surface area (Å²) in [5, 5.41) is 24.0. The van der Waals surface area contributed by atoms with Crippen molar-refractivity contribution in [2.75, 3.05) is 44.7 Å². The Morgan fingerprint density at radius 3 is 2.50 bits per heavy atom. The van der Waals surface area contributed by atoms with Crippen molar-refractivity contribution in [2.24, 2.45) is 0 Å². The molecule has 0 radical (unpaired) electrons. The number of anilines is 1. The molecular formula is C24H30N4O2. The Kier molecular flexibility index (Phi) is 7.09. The van der Waals surface area contributed by atoms with Crippen LogP contribution in [0.15, 0.2) is 42.0 Å². The number of piperazine rings is 1. The number of likely N-dealkylation sites (N-methyl/N-ethyl adjacent to an activating group) is 1. The number of carbonyl (C=O) groups is 1. The van der Waals surface area contributed by atoms with Crippen molar-refractivity contribution in [3.63, 3.8) is 0 Å². The summed E-state index contributed by atoms with van der Waals surface area (Å²) in [6.45, 7) is 7.94. The molecule has 1 fully saturated rings. The lowest BCUT2D eigenvalue weighted by Crippen LogP contribution is -2.44. The molecule has 3 rings (SSSR count). The van der Waals surface area contributed by atoms with Crippen molar-refractivity contribution in [1.29, 1.82) is 5.26 Å². The number of hydrogen-bond acceptors (Lipinski definition) is 5. The molecule has 2 N–H and O–H groups in total. The van der Waals surface area contributed by atoms with Gasteiger partial charge in [0.2, 0.25) is 0 Å². The lowest BCUT2D eigenvalue weighted by atomic mass is 9.98. The van der Waals surface area contributed by atoms with Gasteiger partial charge in [0, 0.05) is 38.4 Å². The van der Waals surface area contributed by atoms with Gasteiger partial charge in [-0.05, 0) is 60.5 Å². The number of nitrogens with zero attached hydrogens (tertiary/aromatic N) is 3. The number of hydrogen-bond donors (Lipinski definition) is 2. The van der Waals surface area contributed by atoms with E-state index in [0.29, 0.717) is 12.0 Å². The van der Waals surface area contributed by atoms with E-state index >= 15 is 0 Å². The van der Waals surface area contributed by atoms with E-state index in [1.165, 1.54) is 5.69 Å². The minimum absolute atomic E-state index is 0.0757. The van der Waals surface area contributed by atoms with Crippen molar-refractivity contribution >= 4 is 27.9 Å². The standard InChI is InChI=1S/C24H30N4O2/c1-4-22(29)16-26-24(30)23(15-25)17(2)18-5-6-20-14-21(8-7-19(20)13-18)28-11-9-27(3)10-12-28/h5-8,13-14,22,29H,4,9-12,16H2,1-3H3,(H,26,30)/b23-17+. The molecule has 1 heterocycles. The van der Waals surface area contributed by atoms with E-state index in [-0.39, 0.29) is 12.1 Å². The van der Waals surface area contributed by atoms with Gasteiger partial charge in [0.25, 0.3) is 5.91 Å². The largest absolute Gasteiger partial charge is 0.391 e. The Labute approximate surface area is 178 Å². The van der Waals surface area contributed by atoms with Gasteiger partial charge in [-0.15, -0.1) is 0 Å². The number of carbonyl (C=O) groups excluding carboxylic acids is 1. The molecule has 0 spiro atoms. The van der Waals surface area contributed by atoms with Crippen LogP contribution in [0.25, 0.3) is 16.3 Å². The van der Waals surface area contributed by atoms with E-state index in [9.17, 15) is 15.2 Å². The van der Waals surface area contributed by atoms with Crippen molar-refractivity contribution in [2.45, 2.75) is 26.4 Å². The molecule has 0 aliphatic carbocycles. The summed E-state index contributed by atoms with van der Waals surface area (Å²) in [7, 11) is 2.15. The summed E-state index contributed by atoms with van der Waals surface area (Å²) in [5.41, 5.74) is 2.78. The number of nitriles is 1. The third kappa shape index (κ3) is 4.99. The second kappa shape index (κ2) is 9.75. The molecule has 1 atom stereocenters. The zero-order valence-electron chi connectivity index (χ0n) is 18.0. The molecule has 6 heteroatoms. The van der Waals surface area contributed by atoms with Crippen LogP contribution in [-0.2, 0) is 4.79 Å². The van der Waals surface area contributed by atoms with E-state index in [4.69, 9.17) is 0 Å². The van der Waals surface area contributed by atoms with E-state index < -0.39 is 12.0 Å². The van der Waals surface area contributed by atoms with E-state index in [0.717, 1.165) is 42.5 Å². The number of aliphatic hydroxyl groups excluding tert-OH is 1. The van der Waals surface area contributed by atoms with Crippen LogP contribution >= 0.6 is 0 Å². The van der Waals surface area contributed by atoms with Gasteiger partial charge in [-0.25, -0.2) is 0 Å². The molecular weight excluding hydrogens is 376 g/mol. The predicted octanol–water partition coefficient (Wildman–Crippen LogP) is 2.78. The molecule has 1 unspecified atom stereocenters. The number of allylic oxidation sites excluding steroid dienone is 1. The van der Waals surface area contributed by atoms with Crippen LogP contribution in [0.5, 0.6) is 0 Å². The van der Waals surface area contributed by atoms with E-state index in [1.54, 1.807) is 6.92 Å². The van der Waals surface area contributed by atoms with Crippen molar-refractivity contribution in [1.82, 2.24) is 10.2 Å². The molecule has 0 aromatic heterocycles. The first-order valence-electron chi connectivity index (χ1n) is 10.5. The Hall–Kier alpha value is -2.88. The topological polar surface area (TPSA) is 79.6 Å². The molecule has 0 bridgehead atoms. The van der Waals surface area contributed by atoms with Gasteiger partial charge in [-0.2, -0.15) is 5.26 Å². The van der Waals surface area contributed by atoms with Gasteiger partial charge in [-0.1, -0.05) is 25.1 Å². The Morgan fingerprint density at radius 2 is 1.83 bits per heavy atom. The predicted molar refractivity (Wildman–Crippen MR) is 121 cm³/mol. The maximum Gasteiger partial charge on any atom is 0.262 e. The first-order valence-corrected chi connectivity index (χ1v) is 10.5. The number of benzene rings is 2. The molecule has 1 aliphatic heterocycles. The van der Waals surface area contributed by atoms with Crippen LogP contribution < -0.4 is 10.2 Å². The highest BCUT2D eigenvalue weighted by atomic mass is 16.3. The molecule has 158 valence electrons. The highest BCUT2D eigenvalue weighted by Gasteiger charge is 2.16. The Bertz CT molecular complexity index is 984. The summed E-state index contributed by atoms with van der Waals surface area (Å²) < 4.78 is 0. The number of nitrogens with one attached hydrogen (secondary N) is 1. The fourth-order valence-electron chi connectivity index (χ4n) is 3.62. The third-order valence-corrected chi connectivity index (χ3v) is 5.81. The average Bonchev–Trinajstić information content (AvgIpc) is 2.77. The van der Waals surface area contributed by atoms with Crippen LogP contribution in [-0.4, -0.2) is 61.8 Å². The highest BCUT2D eigenvalue weighted by Crippen LogP contribution is 2.27. The van der Waals surface area contributed by atoms with Crippen molar-refractivity contribution in [3.05, 3.63) is 47.5 Å². The summed E-state index contributed by atoms with van der Waals surface area (Å²) >= 11 is 0. The molecule has 1 amide bonds. The number of amides is 1. The van der Waals surface area contributed by atoms with Gasteiger partial charge >= 0.3 is 0 Å². The third-order valence-electron chi connectivity index (χ3n) is 5.81. The van der Waals surface area contributed by atoms with E-state index in [1.807, 2.05) is 31.2 Å². The fraction of sp³-hybridized carbons (Fsp3) is 0.417. The van der Waals surface area contributed by atoms with E-state index in [2.05, 4.69) is 40.4 Å². The second-order valence-corrected chi connectivity index (χ2v) is 7.92. The Morgan fingerprint density at radius 1 is 1.17 bits per heavy atom. The van der Waals surface area contributed by atoms with Crippen LogP contribution in [0.1, 0.15) is 25.8 Å². The Balaban J connectivity index is 1.83. The van der Waals surface area contributed by atoms with Crippen LogP contribution in [0.2, 0.25) is 0 Å². The molecule has 2 aromatic rings. The van der Waals surface area contributed by atoms with Gasteiger partial charge in [0.15, 0.2) is 0 Å². The monoisotopic (exact) mass is 406 g/mol. The maximum absolute atomic E-state index is 12.4. The smallest absolute Gasteiger partial charge is 0.262 e. The lowest BCUT2D eigenvalue weighted by Gasteiger charge is -2.34. The molecule has 2 aromatic carbocycles. The summed E-state index contributed by atoms with van der Waals surface area (Å²) in [4.78, 5) is 17.1. The molecule has 0 saturated carbocycles.